The van der Waals surface area contributed by atoms with E-state index in [1.807, 2.05) is 28.9 Å². The number of rotatable bonds is 5. The van der Waals surface area contributed by atoms with Crippen LogP contribution in [0.2, 0.25) is 0 Å². The van der Waals surface area contributed by atoms with Gasteiger partial charge in [0.15, 0.2) is 0 Å². The van der Waals surface area contributed by atoms with Gasteiger partial charge < -0.3 is 4.74 Å². The number of benzene rings is 2. The quantitative estimate of drug-likeness (QED) is 0.671. The summed E-state index contributed by atoms with van der Waals surface area (Å²) in [6, 6.07) is 14.2. The summed E-state index contributed by atoms with van der Waals surface area (Å²) in [4.78, 5) is 0. The van der Waals surface area contributed by atoms with E-state index in [-0.39, 0.29) is 0 Å². The highest BCUT2D eigenvalue weighted by molar-refractivity contribution is 7.98. The first-order valence-electron chi connectivity index (χ1n) is 7.29. The van der Waals surface area contributed by atoms with Gasteiger partial charge in [-0.15, -0.1) is 5.10 Å². The first kappa shape index (κ1) is 15.6. The molecule has 0 N–H and O–H groups in total. The van der Waals surface area contributed by atoms with E-state index in [4.69, 9.17) is 4.74 Å². The molecule has 0 amide bonds. The van der Waals surface area contributed by atoms with Crippen molar-refractivity contribution in [3.05, 3.63) is 59.2 Å². The Balaban J connectivity index is 1.84. The zero-order chi connectivity index (χ0) is 16.2. The van der Waals surface area contributed by atoms with Crippen molar-refractivity contribution in [2.75, 3.05) is 7.11 Å². The van der Waals surface area contributed by atoms with Gasteiger partial charge in [-0.25, -0.2) is 0 Å². The van der Waals surface area contributed by atoms with Crippen LogP contribution in [0.15, 0.2) is 47.6 Å². The molecule has 0 atom stereocenters. The molecule has 0 bridgehead atoms. The molecule has 23 heavy (non-hydrogen) atoms. The third kappa shape index (κ3) is 3.37. The molecule has 1 aromatic heterocycles. The second kappa shape index (κ2) is 6.83. The molecule has 118 valence electrons. The van der Waals surface area contributed by atoms with Crippen molar-refractivity contribution in [2.45, 2.75) is 24.8 Å². The highest BCUT2D eigenvalue weighted by Gasteiger charge is 2.13. The first-order chi connectivity index (χ1) is 11.2. The molecule has 0 aliphatic carbocycles. The maximum Gasteiger partial charge on any atom is 0.214 e. The fourth-order valence-electron chi connectivity index (χ4n) is 2.46. The van der Waals surface area contributed by atoms with Gasteiger partial charge in [-0.3, -0.25) is 0 Å². The zero-order valence-electron chi connectivity index (χ0n) is 13.4. The topological polar surface area (TPSA) is 52.8 Å². The molecule has 6 heteroatoms. The average Bonchev–Trinajstić information content (AvgIpc) is 3.01. The van der Waals surface area contributed by atoms with Gasteiger partial charge in [-0.1, -0.05) is 42.1 Å². The lowest BCUT2D eigenvalue weighted by atomic mass is 10.1. The molecule has 5 nitrogen and oxygen atoms in total. The molecule has 0 radical (unpaired) electrons. The smallest absolute Gasteiger partial charge is 0.214 e. The van der Waals surface area contributed by atoms with Gasteiger partial charge in [0.2, 0.25) is 5.16 Å². The highest BCUT2D eigenvalue weighted by Crippen LogP contribution is 2.26. The molecule has 0 unspecified atom stereocenters. The standard InChI is InChI=1S/C17H18N4OS/c1-12-6-4-7-13(2)16(12)21-17(18-19-20-21)23-11-14-8-5-9-15(10-14)22-3/h4-10H,11H2,1-3H3. The minimum atomic E-state index is 0.780. The van der Waals surface area contributed by atoms with E-state index in [1.165, 1.54) is 5.56 Å². The van der Waals surface area contributed by atoms with Crippen LogP contribution in [0.5, 0.6) is 5.75 Å². The van der Waals surface area contributed by atoms with E-state index in [1.54, 1.807) is 18.9 Å². The number of thioether (sulfide) groups is 1. The summed E-state index contributed by atoms with van der Waals surface area (Å²) in [5.74, 6) is 1.64. The summed E-state index contributed by atoms with van der Waals surface area (Å²) >= 11 is 1.61. The van der Waals surface area contributed by atoms with Crippen molar-refractivity contribution in [3.8, 4) is 11.4 Å². The zero-order valence-corrected chi connectivity index (χ0v) is 14.2. The lowest BCUT2D eigenvalue weighted by Crippen LogP contribution is -2.04. The summed E-state index contributed by atoms with van der Waals surface area (Å²) in [6.07, 6.45) is 0. The number of tetrazole rings is 1. The first-order valence-corrected chi connectivity index (χ1v) is 8.28. The number of methoxy groups -OCH3 is 1. The Labute approximate surface area is 139 Å². The summed E-state index contributed by atoms with van der Waals surface area (Å²) < 4.78 is 7.08. The fourth-order valence-corrected chi connectivity index (χ4v) is 3.28. The number of aromatic nitrogens is 4. The van der Waals surface area contributed by atoms with Crippen LogP contribution in [0, 0.1) is 13.8 Å². The Bertz CT molecular complexity index is 796. The van der Waals surface area contributed by atoms with Crippen molar-refractivity contribution >= 4 is 11.8 Å². The van der Waals surface area contributed by atoms with E-state index in [0.717, 1.165) is 33.5 Å². The van der Waals surface area contributed by atoms with Crippen LogP contribution in [-0.4, -0.2) is 27.3 Å². The molecular formula is C17H18N4OS. The number of ether oxygens (including phenoxy) is 1. The van der Waals surface area contributed by atoms with Crippen LogP contribution in [0.4, 0.5) is 0 Å². The molecule has 0 saturated heterocycles. The third-order valence-corrected chi connectivity index (χ3v) is 4.58. The SMILES string of the molecule is COc1cccc(CSc2nnnn2-c2c(C)cccc2C)c1. The Hall–Kier alpha value is -2.34. The van der Waals surface area contributed by atoms with E-state index in [9.17, 15) is 0 Å². The largest absolute Gasteiger partial charge is 0.497 e. The Morgan fingerprint density at radius 1 is 1.09 bits per heavy atom. The fraction of sp³-hybridized carbons (Fsp3) is 0.235. The predicted molar refractivity (Wildman–Crippen MR) is 91.2 cm³/mol. The summed E-state index contributed by atoms with van der Waals surface area (Å²) in [6.45, 7) is 4.14. The molecular weight excluding hydrogens is 308 g/mol. The lowest BCUT2D eigenvalue weighted by molar-refractivity contribution is 0.414. The minimum Gasteiger partial charge on any atom is -0.497 e. The van der Waals surface area contributed by atoms with Gasteiger partial charge in [-0.05, 0) is 53.1 Å². The monoisotopic (exact) mass is 326 g/mol. The Morgan fingerprint density at radius 3 is 2.57 bits per heavy atom. The molecule has 3 aromatic rings. The average molecular weight is 326 g/mol. The third-order valence-electron chi connectivity index (χ3n) is 3.59. The van der Waals surface area contributed by atoms with Crippen LogP contribution in [0.1, 0.15) is 16.7 Å². The summed E-state index contributed by atoms with van der Waals surface area (Å²) in [7, 11) is 1.67. The van der Waals surface area contributed by atoms with E-state index < -0.39 is 0 Å². The summed E-state index contributed by atoms with van der Waals surface area (Å²) in [5, 5.41) is 13.0. The number of hydrogen-bond donors (Lipinski definition) is 0. The van der Waals surface area contributed by atoms with Crippen molar-refractivity contribution in [1.82, 2.24) is 20.2 Å². The second-order valence-electron chi connectivity index (χ2n) is 5.25. The van der Waals surface area contributed by atoms with Crippen molar-refractivity contribution in [3.63, 3.8) is 0 Å². The summed E-state index contributed by atoms with van der Waals surface area (Å²) in [5.41, 5.74) is 4.53. The van der Waals surface area contributed by atoms with Crippen molar-refractivity contribution in [2.24, 2.45) is 0 Å². The van der Waals surface area contributed by atoms with Crippen molar-refractivity contribution < 1.29 is 4.74 Å². The number of para-hydroxylation sites is 1. The number of aryl methyl sites for hydroxylation is 2. The maximum atomic E-state index is 5.26. The van der Waals surface area contributed by atoms with E-state index in [2.05, 4.69) is 47.6 Å². The molecule has 2 aromatic carbocycles. The van der Waals surface area contributed by atoms with E-state index in [0.29, 0.717) is 0 Å². The Kier molecular flexibility index (Phi) is 4.62. The molecule has 3 rings (SSSR count). The number of nitrogens with zero attached hydrogens (tertiary/aromatic N) is 4. The predicted octanol–water partition coefficient (Wildman–Crippen LogP) is 3.58. The molecule has 0 saturated carbocycles. The minimum absolute atomic E-state index is 0.780. The van der Waals surface area contributed by atoms with Gasteiger partial charge in [0.25, 0.3) is 0 Å². The normalized spacial score (nSPS) is 10.7. The maximum absolute atomic E-state index is 5.26. The highest BCUT2D eigenvalue weighted by atomic mass is 32.2. The van der Waals surface area contributed by atoms with Crippen molar-refractivity contribution in [1.29, 1.82) is 0 Å². The molecule has 1 heterocycles. The van der Waals surface area contributed by atoms with Crippen LogP contribution in [0.25, 0.3) is 5.69 Å². The number of hydrogen-bond acceptors (Lipinski definition) is 5. The van der Waals surface area contributed by atoms with Crippen LogP contribution >= 0.6 is 11.8 Å². The van der Waals surface area contributed by atoms with Gasteiger partial charge in [0, 0.05) is 5.75 Å². The van der Waals surface area contributed by atoms with E-state index >= 15 is 0 Å². The lowest BCUT2D eigenvalue weighted by Gasteiger charge is -2.10. The molecule has 0 fully saturated rings. The van der Waals surface area contributed by atoms with Crippen LogP contribution in [0.3, 0.4) is 0 Å². The van der Waals surface area contributed by atoms with Gasteiger partial charge in [0.1, 0.15) is 5.75 Å². The van der Waals surface area contributed by atoms with Gasteiger partial charge >= 0.3 is 0 Å². The molecule has 0 spiro atoms. The molecule has 0 aliphatic heterocycles. The van der Waals surface area contributed by atoms with Crippen LogP contribution in [-0.2, 0) is 5.75 Å². The van der Waals surface area contributed by atoms with Crippen LogP contribution < -0.4 is 4.74 Å². The Morgan fingerprint density at radius 2 is 1.83 bits per heavy atom. The second-order valence-corrected chi connectivity index (χ2v) is 6.20. The molecule has 0 aliphatic rings. The van der Waals surface area contributed by atoms with Gasteiger partial charge in [0.05, 0.1) is 12.8 Å². The van der Waals surface area contributed by atoms with Gasteiger partial charge in [-0.2, -0.15) is 4.68 Å².